The number of hydrogen-bond donors (Lipinski definition) is 0. The highest BCUT2D eigenvalue weighted by Crippen LogP contribution is 2.15. The Balaban J connectivity index is 1.74. The van der Waals surface area contributed by atoms with Gasteiger partial charge in [-0.15, -0.1) is 0 Å². The number of ether oxygens (including phenoxy) is 1. The zero-order chi connectivity index (χ0) is 23.1. The first kappa shape index (κ1) is 28.7. The number of hydrogen-bond acceptors (Lipinski definition) is 3. The lowest BCUT2D eigenvalue weighted by molar-refractivity contribution is -0.148. The van der Waals surface area contributed by atoms with E-state index in [0.29, 0.717) is 13.0 Å². The summed E-state index contributed by atoms with van der Waals surface area (Å²) >= 11 is 0. The first-order chi connectivity index (χ1) is 15.7. The third-order valence-electron chi connectivity index (χ3n) is 6.34. The maximum atomic E-state index is 11.9. The number of nitrogens with zero attached hydrogens (tertiary/aromatic N) is 2. The summed E-state index contributed by atoms with van der Waals surface area (Å²) in [5.41, 5.74) is 0. The number of esters is 1. The zero-order valence-electron chi connectivity index (χ0n) is 21.4. The Hall–Kier alpha value is -1.32. The molecule has 0 aliphatic carbocycles. The lowest BCUT2D eigenvalue weighted by Crippen LogP contribution is -2.19. The molecule has 0 aliphatic heterocycles. The zero-order valence-corrected chi connectivity index (χ0v) is 21.4. The van der Waals surface area contributed by atoms with E-state index in [1.165, 1.54) is 109 Å². The van der Waals surface area contributed by atoms with E-state index >= 15 is 0 Å². The van der Waals surface area contributed by atoms with E-state index in [4.69, 9.17) is 4.74 Å². The Labute approximate surface area is 198 Å². The molecule has 1 aromatic rings. The van der Waals surface area contributed by atoms with Crippen molar-refractivity contribution in [1.82, 2.24) is 9.55 Å². The first-order valence-corrected chi connectivity index (χ1v) is 13.9. The molecular weight excluding hydrogens is 396 g/mol. The Morgan fingerprint density at radius 1 is 0.750 bits per heavy atom. The Morgan fingerprint density at radius 3 is 1.59 bits per heavy atom. The fraction of sp³-hybridized carbons (Fsp3) is 0.857. The van der Waals surface area contributed by atoms with Gasteiger partial charge in [0.05, 0.1) is 12.9 Å². The molecule has 186 valence electrons. The van der Waals surface area contributed by atoms with Gasteiger partial charge in [0, 0.05) is 18.8 Å². The summed E-state index contributed by atoms with van der Waals surface area (Å²) in [6.07, 6.45) is 31.8. The van der Waals surface area contributed by atoms with Crippen molar-refractivity contribution in [3.63, 3.8) is 0 Å². The lowest BCUT2D eigenvalue weighted by Gasteiger charge is -2.13. The molecule has 0 saturated carbocycles. The molecule has 1 rings (SSSR count). The van der Waals surface area contributed by atoms with Gasteiger partial charge in [0.2, 0.25) is 0 Å². The summed E-state index contributed by atoms with van der Waals surface area (Å²) in [5, 5.41) is 0. The predicted molar refractivity (Wildman–Crippen MR) is 136 cm³/mol. The van der Waals surface area contributed by atoms with E-state index in [-0.39, 0.29) is 12.1 Å². The molecule has 0 aliphatic rings. The highest BCUT2D eigenvalue weighted by molar-refractivity contribution is 5.69. The molecule has 1 heterocycles. The predicted octanol–water partition coefficient (Wildman–Crippen LogP) is 8.64. The SMILES string of the molecule is CCCCCCCCCCCCCCCCCCCCCC(=O)OC(C)Cn1ccnc1. The summed E-state index contributed by atoms with van der Waals surface area (Å²) in [4.78, 5) is 15.9. The van der Waals surface area contributed by atoms with Crippen molar-refractivity contribution in [2.24, 2.45) is 0 Å². The quantitative estimate of drug-likeness (QED) is 0.124. The minimum Gasteiger partial charge on any atom is -0.461 e. The van der Waals surface area contributed by atoms with Gasteiger partial charge in [-0.25, -0.2) is 4.98 Å². The topological polar surface area (TPSA) is 44.1 Å². The van der Waals surface area contributed by atoms with Crippen LogP contribution in [0, 0.1) is 0 Å². The minimum atomic E-state index is -0.1000. The second-order valence-electron chi connectivity index (χ2n) is 9.67. The van der Waals surface area contributed by atoms with Crippen LogP contribution in [0.25, 0.3) is 0 Å². The van der Waals surface area contributed by atoms with Crippen LogP contribution in [0.4, 0.5) is 0 Å². The van der Waals surface area contributed by atoms with E-state index in [0.717, 1.165) is 12.8 Å². The summed E-state index contributed by atoms with van der Waals surface area (Å²) in [5.74, 6) is -0.0652. The molecule has 0 aromatic carbocycles. The lowest BCUT2D eigenvalue weighted by atomic mass is 10.0. The van der Waals surface area contributed by atoms with Gasteiger partial charge in [0.25, 0.3) is 0 Å². The van der Waals surface area contributed by atoms with Gasteiger partial charge in [-0.1, -0.05) is 122 Å². The molecule has 0 amide bonds. The number of carbonyl (C=O) groups is 1. The molecule has 0 radical (unpaired) electrons. The summed E-state index contributed by atoms with van der Waals surface area (Å²) in [6.45, 7) is 4.90. The van der Waals surface area contributed by atoms with Crippen LogP contribution < -0.4 is 0 Å². The third kappa shape index (κ3) is 18.3. The fourth-order valence-corrected chi connectivity index (χ4v) is 4.36. The maximum absolute atomic E-state index is 11.9. The largest absolute Gasteiger partial charge is 0.461 e. The molecule has 0 spiro atoms. The summed E-state index contributed by atoms with van der Waals surface area (Å²) in [6, 6.07) is 0. The van der Waals surface area contributed by atoms with Crippen molar-refractivity contribution >= 4 is 5.97 Å². The van der Waals surface area contributed by atoms with E-state index < -0.39 is 0 Å². The maximum Gasteiger partial charge on any atom is 0.306 e. The van der Waals surface area contributed by atoms with Gasteiger partial charge in [0.15, 0.2) is 0 Å². The molecule has 32 heavy (non-hydrogen) atoms. The van der Waals surface area contributed by atoms with Crippen LogP contribution in [0.1, 0.15) is 142 Å². The molecule has 0 fully saturated rings. The molecule has 0 bridgehead atoms. The van der Waals surface area contributed by atoms with Crippen LogP contribution in [0.15, 0.2) is 18.7 Å². The van der Waals surface area contributed by atoms with Crippen LogP contribution in [0.5, 0.6) is 0 Å². The standard InChI is InChI=1S/C28H52N2O2/c1-3-4-5-6-7-8-9-10-11-12-13-14-15-16-17-18-19-20-21-22-28(31)32-27(2)25-30-24-23-29-26-30/h23-24,26-27H,3-22,25H2,1-2H3. The van der Waals surface area contributed by atoms with E-state index in [1.807, 2.05) is 17.7 Å². The van der Waals surface area contributed by atoms with Crippen LogP contribution in [-0.2, 0) is 16.1 Å². The van der Waals surface area contributed by atoms with Crippen LogP contribution in [0.3, 0.4) is 0 Å². The molecule has 4 heteroatoms. The van der Waals surface area contributed by atoms with Gasteiger partial charge >= 0.3 is 5.97 Å². The number of carbonyl (C=O) groups excluding carboxylic acids is 1. The average Bonchev–Trinajstić information content (AvgIpc) is 3.28. The minimum absolute atomic E-state index is 0.0652. The number of rotatable bonds is 23. The first-order valence-electron chi connectivity index (χ1n) is 13.9. The number of unbranched alkanes of at least 4 members (excludes halogenated alkanes) is 18. The van der Waals surface area contributed by atoms with Crippen LogP contribution in [0.2, 0.25) is 0 Å². The molecule has 1 unspecified atom stereocenters. The highest BCUT2D eigenvalue weighted by Gasteiger charge is 2.09. The second kappa shape index (κ2) is 21.5. The van der Waals surface area contributed by atoms with Gasteiger partial charge in [-0.05, 0) is 13.3 Å². The highest BCUT2D eigenvalue weighted by atomic mass is 16.5. The summed E-state index contributed by atoms with van der Waals surface area (Å²) in [7, 11) is 0. The number of aromatic nitrogens is 2. The van der Waals surface area contributed by atoms with Gasteiger partial charge < -0.3 is 9.30 Å². The van der Waals surface area contributed by atoms with Crippen molar-refractivity contribution in [2.45, 2.75) is 155 Å². The molecule has 0 N–H and O–H groups in total. The fourth-order valence-electron chi connectivity index (χ4n) is 4.36. The second-order valence-corrected chi connectivity index (χ2v) is 9.67. The van der Waals surface area contributed by atoms with Gasteiger partial charge in [-0.3, -0.25) is 4.79 Å². The van der Waals surface area contributed by atoms with E-state index in [1.54, 1.807) is 12.5 Å². The Kier molecular flexibility index (Phi) is 19.3. The molecule has 0 saturated heterocycles. The van der Waals surface area contributed by atoms with E-state index in [9.17, 15) is 4.79 Å². The van der Waals surface area contributed by atoms with Crippen molar-refractivity contribution in [3.05, 3.63) is 18.7 Å². The van der Waals surface area contributed by atoms with Crippen molar-refractivity contribution in [3.8, 4) is 0 Å². The van der Waals surface area contributed by atoms with E-state index in [2.05, 4.69) is 11.9 Å². The normalized spacial score (nSPS) is 12.2. The van der Waals surface area contributed by atoms with Crippen molar-refractivity contribution in [2.75, 3.05) is 0 Å². The average molecular weight is 449 g/mol. The van der Waals surface area contributed by atoms with Gasteiger partial charge in [0.1, 0.15) is 6.10 Å². The number of imidazole rings is 1. The monoisotopic (exact) mass is 448 g/mol. The molecule has 1 atom stereocenters. The molecule has 1 aromatic heterocycles. The van der Waals surface area contributed by atoms with Crippen molar-refractivity contribution < 1.29 is 9.53 Å². The van der Waals surface area contributed by atoms with Crippen LogP contribution >= 0.6 is 0 Å². The van der Waals surface area contributed by atoms with Gasteiger partial charge in [-0.2, -0.15) is 0 Å². The molecule has 4 nitrogen and oxygen atoms in total. The summed E-state index contributed by atoms with van der Waals surface area (Å²) < 4.78 is 7.41. The van der Waals surface area contributed by atoms with Crippen molar-refractivity contribution in [1.29, 1.82) is 0 Å². The molecular formula is C28H52N2O2. The Bertz CT molecular complexity index is 516. The Morgan fingerprint density at radius 2 is 1.19 bits per heavy atom. The van der Waals surface area contributed by atoms with Crippen LogP contribution in [-0.4, -0.2) is 21.6 Å². The smallest absolute Gasteiger partial charge is 0.306 e. The third-order valence-corrected chi connectivity index (χ3v) is 6.34.